The second-order valence-electron chi connectivity index (χ2n) is 4.18. The molecule has 0 amide bonds. The minimum atomic E-state index is -0.0225. The third kappa shape index (κ3) is 1.94. The first-order chi connectivity index (χ1) is 6.22. The fraction of sp³-hybridized carbons (Fsp3) is 0.500. The van der Waals surface area contributed by atoms with Gasteiger partial charge in [0.15, 0.2) is 0 Å². The number of aryl methyl sites for hydroxylation is 1. The summed E-state index contributed by atoms with van der Waals surface area (Å²) in [7, 11) is 0. The molecule has 1 saturated carbocycles. The summed E-state index contributed by atoms with van der Waals surface area (Å²) in [6.45, 7) is 2.16. The highest BCUT2D eigenvalue weighted by molar-refractivity contribution is 5.85. The van der Waals surface area contributed by atoms with Gasteiger partial charge in [0.1, 0.15) is 0 Å². The topological polar surface area (TPSA) is 26.0 Å². The molecule has 0 spiro atoms. The molecule has 0 aliphatic heterocycles. The van der Waals surface area contributed by atoms with Crippen molar-refractivity contribution in [3.05, 3.63) is 35.4 Å². The van der Waals surface area contributed by atoms with E-state index < -0.39 is 0 Å². The van der Waals surface area contributed by atoms with Gasteiger partial charge in [-0.3, -0.25) is 0 Å². The number of hydrogen-bond donors (Lipinski definition) is 1. The summed E-state index contributed by atoms with van der Waals surface area (Å²) >= 11 is 0. The highest BCUT2D eigenvalue weighted by Gasteiger charge is 2.31. The van der Waals surface area contributed by atoms with Gasteiger partial charge in [-0.05, 0) is 30.9 Å². The van der Waals surface area contributed by atoms with Gasteiger partial charge in [-0.2, -0.15) is 0 Å². The van der Waals surface area contributed by atoms with E-state index in [4.69, 9.17) is 5.73 Å². The van der Waals surface area contributed by atoms with Crippen LogP contribution in [0.5, 0.6) is 0 Å². The highest BCUT2D eigenvalue weighted by atomic mass is 35.5. The van der Waals surface area contributed by atoms with E-state index in [0.717, 1.165) is 12.8 Å². The van der Waals surface area contributed by atoms with Crippen LogP contribution in [0.1, 0.15) is 36.8 Å². The molecule has 1 nitrogen and oxygen atoms in total. The molecule has 0 saturated heterocycles. The molecule has 0 unspecified atom stereocenters. The van der Waals surface area contributed by atoms with Crippen LogP contribution in [0, 0.1) is 6.92 Å². The van der Waals surface area contributed by atoms with Gasteiger partial charge in [-0.1, -0.05) is 37.1 Å². The lowest BCUT2D eigenvalue weighted by molar-refractivity contribution is 0.459. The number of rotatable bonds is 1. The van der Waals surface area contributed by atoms with Crippen molar-refractivity contribution in [1.29, 1.82) is 0 Å². The number of hydrogen-bond acceptors (Lipinski definition) is 1. The van der Waals surface area contributed by atoms with Gasteiger partial charge in [0, 0.05) is 5.54 Å². The lowest BCUT2D eigenvalue weighted by Gasteiger charge is -2.25. The molecule has 0 aromatic heterocycles. The van der Waals surface area contributed by atoms with Crippen LogP contribution < -0.4 is 5.73 Å². The zero-order chi connectivity index (χ0) is 9.31. The van der Waals surface area contributed by atoms with Gasteiger partial charge >= 0.3 is 0 Å². The molecule has 1 aliphatic carbocycles. The molecule has 0 atom stereocenters. The van der Waals surface area contributed by atoms with Gasteiger partial charge < -0.3 is 5.73 Å². The molecule has 2 rings (SSSR count). The Morgan fingerprint density at radius 1 is 1.14 bits per heavy atom. The Balaban J connectivity index is 0.000000980. The molecule has 2 N–H and O–H groups in total. The van der Waals surface area contributed by atoms with E-state index in [0.29, 0.717) is 0 Å². The van der Waals surface area contributed by atoms with Crippen molar-refractivity contribution in [1.82, 2.24) is 0 Å². The van der Waals surface area contributed by atoms with Crippen molar-refractivity contribution in [2.75, 3.05) is 0 Å². The maximum atomic E-state index is 6.38. The summed E-state index contributed by atoms with van der Waals surface area (Å²) in [5.41, 5.74) is 9.05. The lowest BCUT2D eigenvalue weighted by atomic mass is 9.86. The molecule has 2 heteroatoms. The second-order valence-corrected chi connectivity index (χ2v) is 4.18. The summed E-state index contributed by atoms with van der Waals surface area (Å²) in [5.74, 6) is 0. The molecule has 1 aliphatic rings. The Labute approximate surface area is 92.1 Å². The molecule has 0 bridgehead atoms. The van der Waals surface area contributed by atoms with Crippen molar-refractivity contribution in [2.24, 2.45) is 5.73 Å². The van der Waals surface area contributed by atoms with Crippen LogP contribution in [-0.2, 0) is 5.54 Å². The fourth-order valence-electron chi connectivity index (χ4n) is 2.41. The molecule has 0 heterocycles. The minimum Gasteiger partial charge on any atom is -0.321 e. The van der Waals surface area contributed by atoms with Crippen LogP contribution in [0.3, 0.4) is 0 Å². The molecule has 78 valence electrons. The van der Waals surface area contributed by atoms with Crippen LogP contribution in [0.4, 0.5) is 0 Å². The summed E-state index contributed by atoms with van der Waals surface area (Å²) < 4.78 is 0. The van der Waals surface area contributed by atoms with Crippen molar-refractivity contribution < 1.29 is 0 Å². The van der Waals surface area contributed by atoms with Gasteiger partial charge in [-0.15, -0.1) is 12.4 Å². The molecular formula is C12H18ClN. The van der Waals surface area contributed by atoms with Gasteiger partial charge in [0.05, 0.1) is 0 Å². The van der Waals surface area contributed by atoms with E-state index in [2.05, 4.69) is 31.2 Å². The zero-order valence-electron chi connectivity index (χ0n) is 8.62. The summed E-state index contributed by atoms with van der Waals surface area (Å²) in [6, 6.07) is 8.51. The van der Waals surface area contributed by atoms with Gasteiger partial charge in [0.2, 0.25) is 0 Å². The van der Waals surface area contributed by atoms with Crippen molar-refractivity contribution in [3.63, 3.8) is 0 Å². The Kier molecular flexibility index (Phi) is 3.57. The third-order valence-corrected chi connectivity index (χ3v) is 3.18. The number of nitrogens with two attached hydrogens (primary N) is 1. The summed E-state index contributed by atoms with van der Waals surface area (Å²) in [5, 5.41) is 0. The Hall–Kier alpha value is -0.530. The van der Waals surface area contributed by atoms with Crippen LogP contribution in [0.15, 0.2) is 24.3 Å². The van der Waals surface area contributed by atoms with E-state index in [9.17, 15) is 0 Å². The molecule has 14 heavy (non-hydrogen) atoms. The number of benzene rings is 1. The van der Waals surface area contributed by atoms with Crippen molar-refractivity contribution in [3.8, 4) is 0 Å². The average molecular weight is 212 g/mol. The quantitative estimate of drug-likeness (QED) is 0.759. The van der Waals surface area contributed by atoms with E-state index in [1.165, 1.54) is 24.0 Å². The molecule has 0 radical (unpaired) electrons. The first-order valence-corrected chi connectivity index (χ1v) is 5.07. The Bertz CT molecular complexity index is 303. The normalized spacial score (nSPS) is 19.0. The Morgan fingerprint density at radius 3 is 2.29 bits per heavy atom. The largest absolute Gasteiger partial charge is 0.321 e. The van der Waals surface area contributed by atoms with Crippen molar-refractivity contribution >= 4 is 12.4 Å². The van der Waals surface area contributed by atoms with Crippen molar-refractivity contribution in [2.45, 2.75) is 38.1 Å². The highest BCUT2D eigenvalue weighted by Crippen LogP contribution is 2.37. The van der Waals surface area contributed by atoms with Crippen LogP contribution in [-0.4, -0.2) is 0 Å². The van der Waals surface area contributed by atoms with Crippen LogP contribution in [0.2, 0.25) is 0 Å². The zero-order valence-corrected chi connectivity index (χ0v) is 9.44. The van der Waals surface area contributed by atoms with E-state index in [1.807, 2.05) is 0 Å². The molecular weight excluding hydrogens is 194 g/mol. The third-order valence-electron chi connectivity index (χ3n) is 3.18. The standard InChI is InChI=1S/C12H17N.ClH/c1-10-6-2-3-7-11(10)12(13)8-4-5-9-12;/h2-3,6-7H,4-5,8-9,13H2,1H3;1H. The van der Waals surface area contributed by atoms with E-state index in [-0.39, 0.29) is 17.9 Å². The van der Waals surface area contributed by atoms with Gasteiger partial charge in [-0.25, -0.2) is 0 Å². The van der Waals surface area contributed by atoms with E-state index >= 15 is 0 Å². The number of halogens is 1. The predicted octanol–water partition coefficient (Wildman–Crippen LogP) is 3.14. The van der Waals surface area contributed by atoms with Gasteiger partial charge in [0.25, 0.3) is 0 Å². The monoisotopic (exact) mass is 211 g/mol. The maximum absolute atomic E-state index is 6.38. The van der Waals surface area contributed by atoms with Crippen LogP contribution >= 0.6 is 12.4 Å². The SMILES string of the molecule is Cc1ccccc1C1(N)CCCC1.Cl. The molecule has 1 fully saturated rings. The van der Waals surface area contributed by atoms with E-state index in [1.54, 1.807) is 0 Å². The summed E-state index contributed by atoms with van der Waals surface area (Å²) in [6.07, 6.45) is 4.87. The van der Waals surface area contributed by atoms with Crippen LogP contribution in [0.25, 0.3) is 0 Å². The second kappa shape index (κ2) is 4.33. The molecule has 1 aromatic rings. The predicted molar refractivity (Wildman–Crippen MR) is 62.8 cm³/mol. The lowest BCUT2D eigenvalue weighted by Crippen LogP contribution is -2.33. The summed E-state index contributed by atoms with van der Waals surface area (Å²) in [4.78, 5) is 0. The smallest absolute Gasteiger partial charge is 0.0412 e. The maximum Gasteiger partial charge on any atom is 0.0412 e. The first kappa shape index (κ1) is 11.5. The minimum absolute atomic E-state index is 0. The Morgan fingerprint density at radius 2 is 1.71 bits per heavy atom. The average Bonchev–Trinajstić information content (AvgIpc) is 2.54. The first-order valence-electron chi connectivity index (χ1n) is 5.07. The fourth-order valence-corrected chi connectivity index (χ4v) is 2.41. The molecule has 1 aromatic carbocycles.